The molecule has 1 aliphatic rings. The van der Waals surface area contributed by atoms with Crippen molar-refractivity contribution in [2.24, 2.45) is 0 Å². The summed E-state index contributed by atoms with van der Waals surface area (Å²) in [5, 5.41) is 0. The minimum Gasteiger partial charge on any atom is -0.369 e. The standard InChI is InChI=1S/C12H12F2O2S/c13-9-1-2-10(14)8(5-9)6-11(15)12-7-17-4-3-16-12/h1-2,5,12H,3-4,6-7H2. The maximum Gasteiger partial charge on any atom is 0.166 e. The number of Topliss-reactive ketones (excluding diaryl/α,β-unsaturated/α-hetero) is 1. The fourth-order valence-electron chi connectivity index (χ4n) is 1.65. The Morgan fingerprint density at radius 2 is 2.29 bits per heavy atom. The molecule has 0 saturated carbocycles. The first-order chi connectivity index (χ1) is 8.16. The Kier molecular flexibility index (Phi) is 4.12. The van der Waals surface area contributed by atoms with Crippen LogP contribution in [0, 0.1) is 11.6 Å². The highest BCUT2D eigenvalue weighted by molar-refractivity contribution is 7.99. The molecule has 0 radical (unpaired) electrons. The molecule has 0 bridgehead atoms. The SMILES string of the molecule is O=C(Cc1cc(F)ccc1F)C1CSCCO1. The smallest absolute Gasteiger partial charge is 0.166 e. The van der Waals surface area contributed by atoms with Gasteiger partial charge in [-0.25, -0.2) is 8.78 Å². The molecule has 2 rings (SSSR count). The molecule has 1 aromatic carbocycles. The monoisotopic (exact) mass is 258 g/mol. The summed E-state index contributed by atoms with van der Waals surface area (Å²) in [6.45, 7) is 0.534. The van der Waals surface area contributed by atoms with E-state index in [-0.39, 0.29) is 17.8 Å². The zero-order chi connectivity index (χ0) is 12.3. The average Bonchev–Trinajstić information content (AvgIpc) is 2.35. The third-order valence-electron chi connectivity index (χ3n) is 2.55. The van der Waals surface area contributed by atoms with Crippen LogP contribution in [0.25, 0.3) is 0 Å². The second-order valence-electron chi connectivity index (χ2n) is 3.81. The van der Waals surface area contributed by atoms with Gasteiger partial charge < -0.3 is 4.74 Å². The number of hydrogen-bond acceptors (Lipinski definition) is 3. The molecule has 1 atom stereocenters. The largest absolute Gasteiger partial charge is 0.369 e. The second-order valence-corrected chi connectivity index (χ2v) is 4.96. The van der Waals surface area contributed by atoms with E-state index in [9.17, 15) is 13.6 Å². The van der Waals surface area contributed by atoms with Crippen LogP contribution in [0.3, 0.4) is 0 Å². The molecule has 5 heteroatoms. The van der Waals surface area contributed by atoms with Gasteiger partial charge in [-0.2, -0.15) is 11.8 Å². The van der Waals surface area contributed by atoms with Gasteiger partial charge in [0.1, 0.15) is 17.7 Å². The molecule has 0 N–H and O–H groups in total. The average molecular weight is 258 g/mol. The van der Waals surface area contributed by atoms with Crippen LogP contribution >= 0.6 is 11.8 Å². The fourth-order valence-corrected chi connectivity index (χ4v) is 2.53. The lowest BCUT2D eigenvalue weighted by Crippen LogP contribution is -2.32. The summed E-state index contributed by atoms with van der Waals surface area (Å²) in [5.74, 6) is 0.187. The van der Waals surface area contributed by atoms with Crippen LogP contribution in [0.1, 0.15) is 5.56 Å². The molecule has 17 heavy (non-hydrogen) atoms. The second kappa shape index (κ2) is 5.60. The van der Waals surface area contributed by atoms with Crippen LogP contribution in [0.15, 0.2) is 18.2 Å². The molecule has 0 aromatic heterocycles. The van der Waals surface area contributed by atoms with Crippen molar-refractivity contribution in [3.8, 4) is 0 Å². The topological polar surface area (TPSA) is 26.3 Å². The maximum atomic E-state index is 13.3. The number of halogens is 2. The van der Waals surface area contributed by atoms with Gasteiger partial charge in [0.2, 0.25) is 0 Å². The van der Waals surface area contributed by atoms with Gasteiger partial charge in [-0.15, -0.1) is 0 Å². The highest BCUT2D eigenvalue weighted by atomic mass is 32.2. The Morgan fingerprint density at radius 3 is 3.00 bits per heavy atom. The lowest BCUT2D eigenvalue weighted by atomic mass is 10.1. The Hall–Kier alpha value is -0.940. The van der Waals surface area contributed by atoms with E-state index in [1.807, 2.05) is 0 Å². The van der Waals surface area contributed by atoms with Crippen molar-refractivity contribution in [2.75, 3.05) is 18.1 Å². The third kappa shape index (κ3) is 3.26. The van der Waals surface area contributed by atoms with Crippen LogP contribution < -0.4 is 0 Å². The molecular weight excluding hydrogens is 246 g/mol. The Balaban J connectivity index is 2.04. The van der Waals surface area contributed by atoms with Crippen LogP contribution in [0.5, 0.6) is 0 Å². The first-order valence-corrected chi connectivity index (χ1v) is 6.48. The minimum absolute atomic E-state index is 0.0918. The van der Waals surface area contributed by atoms with Gasteiger partial charge in [0.25, 0.3) is 0 Å². The van der Waals surface area contributed by atoms with E-state index in [2.05, 4.69) is 0 Å². The number of carbonyl (C=O) groups excluding carboxylic acids is 1. The van der Waals surface area contributed by atoms with Crippen molar-refractivity contribution in [1.82, 2.24) is 0 Å². The molecule has 1 aromatic rings. The van der Waals surface area contributed by atoms with Gasteiger partial charge in [0.05, 0.1) is 6.61 Å². The zero-order valence-electron chi connectivity index (χ0n) is 9.12. The van der Waals surface area contributed by atoms with Crippen molar-refractivity contribution in [3.05, 3.63) is 35.4 Å². The van der Waals surface area contributed by atoms with Crippen LogP contribution in [0.4, 0.5) is 8.78 Å². The van der Waals surface area contributed by atoms with Crippen molar-refractivity contribution in [3.63, 3.8) is 0 Å². The Morgan fingerprint density at radius 1 is 1.47 bits per heavy atom. The lowest BCUT2D eigenvalue weighted by Gasteiger charge is -2.21. The Labute approximate surface area is 102 Å². The van der Waals surface area contributed by atoms with Crippen molar-refractivity contribution in [2.45, 2.75) is 12.5 Å². The molecule has 2 nitrogen and oxygen atoms in total. The van der Waals surface area contributed by atoms with Crippen LogP contribution in [0.2, 0.25) is 0 Å². The highest BCUT2D eigenvalue weighted by Crippen LogP contribution is 2.17. The van der Waals surface area contributed by atoms with E-state index < -0.39 is 17.7 Å². The van der Waals surface area contributed by atoms with E-state index in [1.54, 1.807) is 11.8 Å². The Bertz CT molecular complexity index is 417. The number of ether oxygens (including phenoxy) is 1. The number of benzene rings is 1. The number of thioether (sulfide) groups is 1. The molecule has 1 saturated heterocycles. The summed E-state index contributed by atoms with van der Waals surface area (Å²) in [5.41, 5.74) is 0.0918. The van der Waals surface area contributed by atoms with Gasteiger partial charge in [-0.3, -0.25) is 4.79 Å². The fraction of sp³-hybridized carbons (Fsp3) is 0.417. The molecule has 0 aliphatic carbocycles. The summed E-state index contributed by atoms with van der Waals surface area (Å²) in [7, 11) is 0. The summed E-state index contributed by atoms with van der Waals surface area (Å²) in [6, 6.07) is 3.13. The lowest BCUT2D eigenvalue weighted by molar-refractivity contribution is -0.128. The number of hydrogen-bond donors (Lipinski definition) is 0. The number of carbonyl (C=O) groups is 1. The van der Waals surface area contributed by atoms with Crippen LogP contribution in [-0.2, 0) is 16.0 Å². The van der Waals surface area contributed by atoms with E-state index in [4.69, 9.17) is 4.74 Å². The van der Waals surface area contributed by atoms with Gasteiger partial charge in [0.15, 0.2) is 5.78 Å². The normalized spacial score (nSPS) is 20.2. The number of rotatable bonds is 3. The zero-order valence-corrected chi connectivity index (χ0v) is 9.93. The molecule has 0 spiro atoms. The number of ketones is 1. The predicted octanol–water partition coefficient (Wildman–Crippen LogP) is 2.21. The molecule has 1 unspecified atom stereocenters. The maximum absolute atomic E-state index is 13.3. The van der Waals surface area contributed by atoms with Gasteiger partial charge >= 0.3 is 0 Å². The third-order valence-corrected chi connectivity index (χ3v) is 3.54. The first-order valence-electron chi connectivity index (χ1n) is 5.33. The van der Waals surface area contributed by atoms with E-state index in [0.29, 0.717) is 12.4 Å². The van der Waals surface area contributed by atoms with Gasteiger partial charge in [-0.05, 0) is 23.8 Å². The molecule has 92 valence electrons. The summed E-state index contributed by atoms with van der Waals surface area (Å²) in [4.78, 5) is 11.8. The van der Waals surface area contributed by atoms with E-state index in [0.717, 1.165) is 24.0 Å². The summed E-state index contributed by atoms with van der Waals surface area (Å²) >= 11 is 1.64. The van der Waals surface area contributed by atoms with Crippen LogP contribution in [-0.4, -0.2) is 30.0 Å². The van der Waals surface area contributed by atoms with E-state index in [1.165, 1.54) is 0 Å². The van der Waals surface area contributed by atoms with Crippen molar-refractivity contribution >= 4 is 17.5 Å². The molecule has 1 aliphatic heterocycles. The van der Waals surface area contributed by atoms with Crippen molar-refractivity contribution in [1.29, 1.82) is 0 Å². The first kappa shape index (κ1) is 12.5. The van der Waals surface area contributed by atoms with Gasteiger partial charge in [-0.1, -0.05) is 0 Å². The predicted molar refractivity (Wildman–Crippen MR) is 62.1 cm³/mol. The minimum atomic E-state index is -0.553. The molecular formula is C12H12F2O2S. The molecule has 0 amide bonds. The van der Waals surface area contributed by atoms with Crippen molar-refractivity contribution < 1.29 is 18.3 Å². The molecule has 1 fully saturated rings. The summed E-state index contributed by atoms with van der Waals surface area (Å²) in [6.07, 6.45) is -0.606. The highest BCUT2D eigenvalue weighted by Gasteiger charge is 2.23. The quantitative estimate of drug-likeness (QED) is 0.831. The van der Waals surface area contributed by atoms with Gasteiger partial charge in [0, 0.05) is 17.9 Å². The summed E-state index contributed by atoms with van der Waals surface area (Å²) < 4.78 is 31.6. The van der Waals surface area contributed by atoms with E-state index >= 15 is 0 Å². The molecule has 1 heterocycles.